The lowest BCUT2D eigenvalue weighted by atomic mass is 10.2. The van der Waals surface area contributed by atoms with Crippen LogP contribution in [0.15, 0.2) is 12.3 Å². The summed E-state index contributed by atoms with van der Waals surface area (Å²) in [5, 5.41) is 8.79. The normalized spacial score (nSPS) is 10.8. The highest BCUT2D eigenvalue weighted by molar-refractivity contribution is 7.85. The lowest BCUT2D eigenvalue weighted by Crippen LogP contribution is -2.04. The molecule has 0 atom stereocenters. The van der Waals surface area contributed by atoms with Crippen LogP contribution in [-0.4, -0.2) is 26.8 Å². The minimum Gasteiger partial charge on any atom is -0.494 e. The van der Waals surface area contributed by atoms with Gasteiger partial charge in [-0.05, 0) is 6.07 Å². The highest BCUT2D eigenvalue weighted by atomic mass is 32.2. The number of aromatic nitrogens is 1. The van der Waals surface area contributed by atoms with E-state index in [4.69, 9.17) is 10.00 Å². The molecule has 1 rings (SSSR count). The first-order chi connectivity index (χ1) is 7.46. The minimum absolute atomic E-state index is 0.197. The summed E-state index contributed by atoms with van der Waals surface area (Å²) >= 11 is 0. The Morgan fingerprint density at radius 2 is 2.25 bits per heavy atom. The predicted octanol–water partition coefficient (Wildman–Crippen LogP) is 0.438. The Hall–Kier alpha value is -1.65. The lowest BCUT2D eigenvalue weighted by Gasteiger charge is -2.04. The largest absolute Gasteiger partial charge is 0.494 e. The van der Waals surface area contributed by atoms with E-state index in [0.717, 1.165) is 6.26 Å². The summed E-state index contributed by atoms with van der Waals surface area (Å²) in [5.74, 6) is 0.339. The average molecular weight is 242 g/mol. The van der Waals surface area contributed by atoms with Gasteiger partial charge in [0.1, 0.15) is 12.7 Å². The average Bonchev–Trinajstić information content (AvgIpc) is 2.25. The van der Waals surface area contributed by atoms with Crippen molar-refractivity contribution < 1.29 is 17.3 Å². The Kier molecular flexibility index (Phi) is 3.82. The molecule has 1 aromatic rings. The zero-order valence-electron chi connectivity index (χ0n) is 8.80. The lowest BCUT2D eigenvalue weighted by molar-refractivity contribution is 0.306. The molecule has 0 aromatic carbocycles. The van der Waals surface area contributed by atoms with E-state index in [0.29, 0.717) is 11.4 Å². The number of nitrogens with zero attached hydrogens (tertiary/aromatic N) is 2. The molecular formula is C9H10N2O4S. The first-order valence-electron chi connectivity index (χ1n) is 4.23. The maximum Gasteiger partial charge on any atom is 0.264 e. The maximum atomic E-state index is 10.7. The molecule has 0 saturated heterocycles. The third-order valence-corrected chi connectivity index (χ3v) is 2.23. The Morgan fingerprint density at radius 3 is 2.75 bits per heavy atom. The monoisotopic (exact) mass is 242 g/mol. The highest BCUT2D eigenvalue weighted by Gasteiger charge is 2.07. The van der Waals surface area contributed by atoms with Crippen LogP contribution in [0.25, 0.3) is 0 Å². The van der Waals surface area contributed by atoms with Gasteiger partial charge in [0.2, 0.25) is 0 Å². The molecule has 1 heterocycles. The van der Waals surface area contributed by atoms with Crippen LogP contribution in [-0.2, 0) is 20.9 Å². The molecule has 0 aliphatic rings. The molecule has 6 nitrogen and oxygen atoms in total. The number of nitriles is 1. The smallest absolute Gasteiger partial charge is 0.264 e. The van der Waals surface area contributed by atoms with Gasteiger partial charge >= 0.3 is 0 Å². The molecule has 0 aliphatic carbocycles. The molecule has 7 heteroatoms. The van der Waals surface area contributed by atoms with Gasteiger partial charge in [-0.15, -0.1) is 0 Å². The summed E-state index contributed by atoms with van der Waals surface area (Å²) < 4.78 is 30.9. The summed E-state index contributed by atoms with van der Waals surface area (Å²) in [6, 6.07) is 3.33. The van der Waals surface area contributed by atoms with E-state index in [1.54, 1.807) is 0 Å². The molecule has 16 heavy (non-hydrogen) atoms. The van der Waals surface area contributed by atoms with Gasteiger partial charge in [0.25, 0.3) is 10.1 Å². The topological polar surface area (TPSA) is 89.3 Å². The quantitative estimate of drug-likeness (QED) is 0.711. The van der Waals surface area contributed by atoms with Crippen molar-refractivity contribution >= 4 is 10.1 Å². The molecule has 0 bridgehead atoms. The van der Waals surface area contributed by atoms with E-state index in [1.165, 1.54) is 19.4 Å². The molecule has 0 radical (unpaired) electrons. The van der Waals surface area contributed by atoms with E-state index < -0.39 is 10.1 Å². The molecule has 1 aromatic heterocycles. The second kappa shape index (κ2) is 4.92. The van der Waals surface area contributed by atoms with Crippen molar-refractivity contribution in [3.05, 3.63) is 23.5 Å². The third kappa shape index (κ3) is 3.49. The predicted molar refractivity (Wildman–Crippen MR) is 55.1 cm³/mol. The van der Waals surface area contributed by atoms with Crippen LogP contribution in [0.1, 0.15) is 11.3 Å². The van der Waals surface area contributed by atoms with Gasteiger partial charge in [0, 0.05) is 0 Å². The van der Waals surface area contributed by atoms with Crippen molar-refractivity contribution in [2.45, 2.75) is 6.61 Å². The zero-order chi connectivity index (χ0) is 12.2. The summed E-state index contributed by atoms with van der Waals surface area (Å²) in [6.45, 7) is -0.197. The molecule has 0 N–H and O–H groups in total. The van der Waals surface area contributed by atoms with Gasteiger partial charge in [0.15, 0.2) is 5.75 Å². The van der Waals surface area contributed by atoms with Gasteiger partial charge in [-0.25, -0.2) is 0 Å². The van der Waals surface area contributed by atoms with E-state index in [-0.39, 0.29) is 12.2 Å². The molecular weight excluding hydrogens is 232 g/mol. The number of methoxy groups -OCH3 is 1. The maximum absolute atomic E-state index is 10.7. The van der Waals surface area contributed by atoms with Gasteiger partial charge in [0.05, 0.1) is 30.8 Å². The van der Waals surface area contributed by atoms with Crippen LogP contribution in [0.2, 0.25) is 0 Å². The van der Waals surface area contributed by atoms with E-state index in [9.17, 15) is 8.42 Å². The zero-order valence-corrected chi connectivity index (χ0v) is 9.61. The molecule has 0 aliphatic heterocycles. The Bertz CT molecular complexity index is 519. The molecule has 0 unspecified atom stereocenters. The van der Waals surface area contributed by atoms with Crippen molar-refractivity contribution in [1.29, 1.82) is 5.26 Å². The van der Waals surface area contributed by atoms with Crippen LogP contribution in [0.5, 0.6) is 5.75 Å². The Labute approximate surface area is 93.6 Å². The Balaban J connectivity index is 2.89. The van der Waals surface area contributed by atoms with Crippen molar-refractivity contribution in [3.8, 4) is 11.8 Å². The number of rotatable bonds is 4. The van der Waals surface area contributed by atoms with E-state index >= 15 is 0 Å². The van der Waals surface area contributed by atoms with Crippen molar-refractivity contribution in [2.24, 2.45) is 0 Å². The number of hydrogen-bond acceptors (Lipinski definition) is 6. The van der Waals surface area contributed by atoms with Crippen molar-refractivity contribution in [3.63, 3.8) is 0 Å². The van der Waals surface area contributed by atoms with Gasteiger partial charge in [-0.2, -0.15) is 13.7 Å². The first kappa shape index (κ1) is 12.4. The second-order valence-electron chi connectivity index (χ2n) is 2.95. The SMILES string of the molecule is COc1cnc(COS(C)(=O)=O)cc1C#N. The van der Waals surface area contributed by atoms with Crippen molar-refractivity contribution in [1.82, 2.24) is 4.98 Å². The van der Waals surface area contributed by atoms with Crippen LogP contribution in [0, 0.1) is 11.3 Å². The number of pyridine rings is 1. The Morgan fingerprint density at radius 1 is 1.56 bits per heavy atom. The minimum atomic E-state index is -3.51. The van der Waals surface area contributed by atoms with Crippen LogP contribution < -0.4 is 4.74 Å². The fourth-order valence-corrected chi connectivity index (χ4v) is 1.32. The fraction of sp³-hybridized carbons (Fsp3) is 0.333. The second-order valence-corrected chi connectivity index (χ2v) is 4.60. The van der Waals surface area contributed by atoms with Crippen LogP contribution >= 0.6 is 0 Å². The third-order valence-electron chi connectivity index (χ3n) is 1.69. The van der Waals surface area contributed by atoms with Gasteiger partial charge in [-0.3, -0.25) is 9.17 Å². The molecule has 86 valence electrons. The number of ether oxygens (including phenoxy) is 1. The molecule has 0 fully saturated rings. The summed E-state index contributed by atoms with van der Waals surface area (Å²) in [7, 11) is -2.09. The van der Waals surface area contributed by atoms with Gasteiger partial charge < -0.3 is 4.74 Å². The summed E-state index contributed by atoms with van der Waals surface area (Å²) in [6.07, 6.45) is 2.29. The summed E-state index contributed by atoms with van der Waals surface area (Å²) in [4.78, 5) is 3.90. The summed E-state index contributed by atoms with van der Waals surface area (Å²) in [5.41, 5.74) is 0.632. The highest BCUT2D eigenvalue weighted by Crippen LogP contribution is 2.16. The van der Waals surface area contributed by atoms with Crippen LogP contribution in [0.4, 0.5) is 0 Å². The first-order valence-corrected chi connectivity index (χ1v) is 6.05. The number of hydrogen-bond donors (Lipinski definition) is 0. The standard InChI is InChI=1S/C9H10N2O4S/c1-14-9-5-11-8(3-7(9)4-10)6-15-16(2,12)13/h3,5H,6H2,1-2H3. The van der Waals surface area contributed by atoms with E-state index in [1.807, 2.05) is 6.07 Å². The van der Waals surface area contributed by atoms with E-state index in [2.05, 4.69) is 9.17 Å². The molecule has 0 spiro atoms. The fourth-order valence-electron chi connectivity index (χ4n) is 0.982. The molecule has 0 saturated carbocycles. The van der Waals surface area contributed by atoms with Gasteiger partial charge in [-0.1, -0.05) is 0 Å². The molecule has 0 amide bonds. The van der Waals surface area contributed by atoms with Crippen LogP contribution in [0.3, 0.4) is 0 Å². The van der Waals surface area contributed by atoms with Crippen molar-refractivity contribution in [2.75, 3.05) is 13.4 Å².